The molecule has 1 amide bonds. The number of aryl methyl sites for hydroxylation is 1. The van der Waals surface area contributed by atoms with E-state index in [0.29, 0.717) is 34.5 Å². The number of anilines is 1. The van der Waals surface area contributed by atoms with Crippen LogP contribution in [0.1, 0.15) is 18.9 Å². The van der Waals surface area contributed by atoms with E-state index < -0.39 is 0 Å². The lowest BCUT2D eigenvalue weighted by Gasteiger charge is -2.14. The van der Waals surface area contributed by atoms with Crippen molar-refractivity contribution in [2.24, 2.45) is 0 Å². The fraction of sp³-hybridized carbons (Fsp3) is 0.182. The highest BCUT2D eigenvalue weighted by Gasteiger charge is 2.23. The number of nitrogens with one attached hydrogen (secondary N) is 1. The van der Waals surface area contributed by atoms with E-state index in [1.54, 1.807) is 36.8 Å². The lowest BCUT2D eigenvalue weighted by Crippen LogP contribution is -2.25. The van der Waals surface area contributed by atoms with Crippen molar-refractivity contribution in [3.63, 3.8) is 0 Å². The molecule has 0 aliphatic heterocycles. The number of carbonyl (C=O) groups excluding carboxylic acids is 1. The van der Waals surface area contributed by atoms with Crippen LogP contribution in [0, 0.1) is 6.92 Å². The molecule has 0 fully saturated rings. The maximum atomic E-state index is 12.8. The molecule has 1 unspecified atom stereocenters. The molecule has 7 nitrogen and oxygen atoms in total. The molecule has 0 aliphatic carbocycles. The van der Waals surface area contributed by atoms with Crippen LogP contribution >= 0.6 is 11.8 Å². The van der Waals surface area contributed by atoms with Gasteiger partial charge in [-0.05, 0) is 55.3 Å². The van der Waals surface area contributed by atoms with Gasteiger partial charge in [0.05, 0.1) is 17.8 Å². The zero-order valence-electron chi connectivity index (χ0n) is 16.5. The molecule has 0 spiro atoms. The Kier molecular flexibility index (Phi) is 5.94. The second kappa shape index (κ2) is 8.96. The largest absolute Gasteiger partial charge is 0.463 e. The summed E-state index contributed by atoms with van der Waals surface area (Å²) in [5.41, 5.74) is 2.85. The Morgan fingerprint density at radius 3 is 2.40 bits per heavy atom. The number of nitrogens with zero attached hydrogens (tertiary/aromatic N) is 3. The van der Waals surface area contributed by atoms with Crippen LogP contribution in [0.3, 0.4) is 0 Å². The van der Waals surface area contributed by atoms with Crippen LogP contribution in [0.25, 0.3) is 22.9 Å². The van der Waals surface area contributed by atoms with Crippen molar-refractivity contribution in [3.05, 3.63) is 66.6 Å². The number of hydrogen-bond acceptors (Lipinski definition) is 7. The van der Waals surface area contributed by atoms with E-state index in [2.05, 4.69) is 20.5 Å². The first kappa shape index (κ1) is 19.9. The number of thioether (sulfide) groups is 1. The molecular weight excluding hydrogens is 400 g/mol. The minimum atomic E-state index is -0.369. The Balaban J connectivity index is 1.58. The minimum absolute atomic E-state index is 0.105. The normalized spacial score (nSPS) is 11.9. The molecule has 3 heterocycles. The van der Waals surface area contributed by atoms with Crippen molar-refractivity contribution in [3.8, 4) is 22.9 Å². The molecule has 1 aromatic carbocycles. The van der Waals surface area contributed by atoms with Crippen LogP contribution in [0.5, 0.6) is 0 Å². The first-order chi connectivity index (χ1) is 14.6. The van der Waals surface area contributed by atoms with Gasteiger partial charge in [-0.25, -0.2) is 4.98 Å². The zero-order chi connectivity index (χ0) is 20.9. The summed E-state index contributed by atoms with van der Waals surface area (Å²) in [5, 5.41) is 11.5. The van der Waals surface area contributed by atoms with E-state index in [4.69, 9.17) is 8.83 Å². The summed E-state index contributed by atoms with van der Waals surface area (Å²) < 4.78 is 11.0. The van der Waals surface area contributed by atoms with Crippen LogP contribution in [0.15, 0.2) is 75.0 Å². The maximum absolute atomic E-state index is 12.8. The van der Waals surface area contributed by atoms with E-state index in [0.717, 1.165) is 11.3 Å². The van der Waals surface area contributed by atoms with Crippen molar-refractivity contribution in [2.75, 3.05) is 5.32 Å². The summed E-state index contributed by atoms with van der Waals surface area (Å²) in [5.74, 6) is 0.990. The highest BCUT2D eigenvalue weighted by atomic mass is 32.2. The standard InChI is InChI=1S/C22H20N4O3S/c1-3-18(21(27)23-15-8-4-7-14(2)13-15)30-22-24-19(16-9-5-11-28-16)20(25-26-22)17-10-6-12-29-17/h4-13,18H,3H2,1-2H3,(H,23,27). The van der Waals surface area contributed by atoms with Crippen molar-refractivity contribution in [2.45, 2.75) is 30.7 Å². The molecule has 1 atom stereocenters. The molecule has 0 saturated carbocycles. The molecular formula is C22H20N4O3S. The summed E-state index contributed by atoms with van der Waals surface area (Å²) in [4.78, 5) is 17.4. The molecule has 152 valence electrons. The van der Waals surface area contributed by atoms with Crippen molar-refractivity contribution >= 4 is 23.4 Å². The fourth-order valence-corrected chi connectivity index (χ4v) is 3.74. The van der Waals surface area contributed by atoms with Gasteiger partial charge in [0.2, 0.25) is 11.1 Å². The van der Waals surface area contributed by atoms with Crippen LogP contribution in [0.2, 0.25) is 0 Å². The van der Waals surface area contributed by atoms with Crippen LogP contribution < -0.4 is 5.32 Å². The van der Waals surface area contributed by atoms with Gasteiger partial charge >= 0.3 is 0 Å². The quantitative estimate of drug-likeness (QED) is 0.410. The molecule has 0 saturated heterocycles. The summed E-state index contributed by atoms with van der Waals surface area (Å²) in [7, 11) is 0. The number of rotatable bonds is 7. The average Bonchev–Trinajstić information content (AvgIpc) is 3.46. The van der Waals surface area contributed by atoms with E-state index in [-0.39, 0.29) is 11.2 Å². The van der Waals surface area contributed by atoms with E-state index in [9.17, 15) is 4.79 Å². The Hall–Kier alpha value is -3.39. The molecule has 0 bridgehead atoms. The van der Waals surface area contributed by atoms with Gasteiger partial charge < -0.3 is 14.2 Å². The maximum Gasteiger partial charge on any atom is 0.237 e. The lowest BCUT2D eigenvalue weighted by atomic mass is 10.2. The summed E-state index contributed by atoms with van der Waals surface area (Å²) in [6, 6.07) is 14.8. The molecule has 30 heavy (non-hydrogen) atoms. The molecule has 4 aromatic rings. The Morgan fingerprint density at radius 1 is 1.03 bits per heavy atom. The number of hydrogen-bond donors (Lipinski definition) is 1. The molecule has 1 N–H and O–H groups in total. The number of carbonyl (C=O) groups is 1. The van der Waals surface area contributed by atoms with Gasteiger partial charge in [0.15, 0.2) is 17.2 Å². The topological polar surface area (TPSA) is 94.1 Å². The van der Waals surface area contributed by atoms with Gasteiger partial charge in [-0.1, -0.05) is 30.8 Å². The third kappa shape index (κ3) is 4.44. The van der Waals surface area contributed by atoms with Crippen molar-refractivity contribution in [1.82, 2.24) is 15.2 Å². The van der Waals surface area contributed by atoms with E-state index in [1.807, 2.05) is 38.1 Å². The molecule has 3 aromatic heterocycles. The molecule has 8 heteroatoms. The predicted molar refractivity (Wildman–Crippen MR) is 115 cm³/mol. The summed E-state index contributed by atoms with van der Waals surface area (Å²) >= 11 is 1.27. The third-order valence-corrected chi connectivity index (χ3v) is 5.59. The Bertz CT molecular complexity index is 1130. The first-order valence-electron chi connectivity index (χ1n) is 9.50. The van der Waals surface area contributed by atoms with Gasteiger partial charge in [-0.2, -0.15) is 0 Å². The van der Waals surface area contributed by atoms with Gasteiger partial charge in [0, 0.05) is 5.69 Å². The SMILES string of the molecule is CCC(Sc1nnc(-c2ccco2)c(-c2ccco2)n1)C(=O)Nc1cccc(C)c1. The molecule has 4 rings (SSSR count). The third-order valence-electron chi connectivity index (χ3n) is 4.37. The Labute approximate surface area is 177 Å². The van der Waals surface area contributed by atoms with E-state index >= 15 is 0 Å². The minimum Gasteiger partial charge on any atom is -0.463 e. The van der Waals surface area contributed by atoms with Crippen LogP contribution in [-0.2, 0) is 4.79 Å². The second-order valence-electron chi connectivity index (χ2n) is 6.62. The van der Waals surface area contributed by atoms with Gasteiger partial charge in [0.1, 0.15) is 5.69 Å². The monoisotopic (exact) mass is 420 g/mol. The fourth-order valence-electron chi connectivity index (χ4n) is 2.92. The van der Waals surface area contributed by atoms with Gasteiger partial charge in [0.25, 0.3) is 0 Å². The summed E-state index contributed by atoms with van der Waals surface area (Å²) in [6.07, 6.45) is 3.75. The number of furan rings is 2. The van der Waals surface area contributed by atoms with Crippen LogP contribution in [-0.4, -0.2) is 26.3 Å². The average molecular weight is 420 g/mol. The Morgan fingerprint density at radius 2 is 1.77 bits per heavy atom. The smallest absolute Gasteiger partial charge is 0.237 e. The van der Waals surface area contributed by atoms with Crippen LogP contribution in [0.4, 0.5) is 5.69 Å². The number of aromatic nitrogens is 3. The van der Waals surface area contributed by atoms with Gasteiger partial charge in [-0.15, -0.1) is 10.2 Å². The molecule has 0 radical (unpaired) electrons. The highest BCUT2D eigenvalue weighted by Crippen LogP contribution is 2.32. The molecule has 0 aliphatic rings. The highest BCUT2D eigenvalue weighted by molar-refractivity contribution is 8.00. The first-order valence-corrected chi connectivity index (χ1v) is 10.4. The lowest BCUT2D eigenvalue weighted by molar-refractivity contribution is -0.115. The van der Waals surface area contributed by atoms with E-state index in [1.165, 1.54) is 11.8 Å². The number of amides is 1. The van der Waals surface area contributed by atoms with Crippen molar-refractivity contribution in [1.29, 1.82) is 0 Å². The number of benzene rings is 1. The zero-order valence-corrected chi connectivity index (χ0v) is 17.3. The van der Waals surface area contributed by atoms with Gasteiger partial charge in [-0.3, -0.25) is 4.79 Å². The second-order valence-corrected chi connectivity index (χ2v) is 7.79. The van der Waals surface area contributed by atoms with Crippen molar-refractivity contribution < 1.29 is 13.6 Å². The predicted octanol–water partition coefficient (Wildman–Crippen LogP) is 5.21. The summed E-state index contributed by atoms with van der Waals surface area (Å²) in [6.45, 7) is 3.93.